The van der Waals surface area contributed by atoms with Crippen LogP contribution in [0.2, 0.25) is 0 Å². The van der Waals surface area contributed by atoms with Crippen molar-refractivity contribution in [1.82, 2.24) is 0 Å². The molecule has 1 aromatic rings. The second-order valence-electron chi connectivity index (χ2n) is 3.94. The van der Waals surface area contributed by atoms with Gasteiger partial charge in [0.05, 0.1) is 6.61 Å². The maximum Gasteiger partial charge on any atom is 0.303 e. The van der Waals surface area contributed by atoms with Crippen LogP contribution in [0.25, 0.3) is 0 Å². The minimum absolute atomic E-state index is 0.0905. The van der Waals surface area contributed by atoms with Gasteiger partial charge in [-0.1, -0.05) is 15.9 Å². The van der Waals surface area contributed by atoms with Crippen molar-refractivity contribution >= 4 is 21.9 Å². The predicted molar refractivity (Wildman–Crippen MR) is 68.6 cm³/mol. The molecule has 0 spiro atoms. The summed E-state index contributed by atoms with van der Waals surface area (Å²) in [7, 11) is 1.48. The van der Waals surface area contributed by atoms with Gasteiger partial charge in [-0.15, -0.1) is 0 Å². The molecule has 0 bridgehead atoms. The van der Waals surface area contributed by atoms with Crippen molar-refractivity contribution in [1.29, 1.82) is 0 Å². The SMILES string of the molecule is COCc1cc(Br)cc(C(N)CCC(=O)O)c1F. The summed E-state index contributed by atoms with van der Waals surface area (Å²) in [4.78, 5) is 10.5. The van der Waals surface area contributed by atoms with Gasteiger partial charge in [-0.3, -0.25) is 4.79 Å². The second-order valence-corrected chi connectivity index (χ2v) is 4.86. The molecule has 0 amide bonds. The van der Waals surface area contributed by atoms with Crippen LogP contribution >= 0.6 is 15.9 Å². The number of aliphatic carboxylic acids is 1. The fourth-order valence-corrected chi connectivity index (χ4v) is 2.16. The van der Waals surface area contributed by atoms with Crippen LogP contribution < -0.4 is 5.73 Å². The molecule has 4 nitrogen and oxygen atoms in total. The van der Waals surface area contributed by atoms with Crippen LogP contribution in [-0.4, -0.2) is 18.2 Å². The Bertz CT molecular complexity index is 440. The lowest BCUT2D eigenvalue weighted by Crippen LogP contribution is -2.15. The minimum atomic E-state index is -0.946. The zero-order valence-electron chi connectivity index (χ0n) is 9.95. The molecule has 1 aromatic carbocycles. The van der Waals surface area contributed by atoms with E-state index in [-0.39, 0.29) is 19.4 Å². The summed E-state index contributed by atoms with van der Waals surface area (Å²) in [5, 5.41) is 8.59. The van der Waals surface area contributed by atoms with Gasteiger partial charge in [0, 0.05) is 35.2 Å². The Morgan fingerprint density at radius 2 is 2.28 bits per heavy atom. The molecule has 0 aliphatic rings. The van der Waals surface area contributed by atoms with E-state index in [9.17, 15) is 9.18 Å². The number of halogens is 2. The molecule has 1 unspecified atom stereocenters. The number of benzene rings is 1. The number of carboxylic acids is 1. The zero-order chi connectivity index (χ0) is 13.7. The Kier molecular flexibility index (Phi) is 5.71. The van der Waals surface area contributed by atoms with Crippen LogP contribution in [0.1, 0.15) is 30.0 Å². The van der Waals surface area contributed by atoms with Gasteiger partial charge in [-0.2, -0.15) is 0 Å². The summed E-state index contributed by atoms with van der Waals surface area (Å²) in [6.07, 6.45) is 0.0991. The fraction of sp³-hybridized carbons (Fsp3) is 0.417. The average Bonchev–Trinajstić information content (AvgIpc) is 2.30. The zero-order valence-corrected chi connectivity index (χ0v) is 11.5. The normalized spacial score (nSPS) is 12.4. The first kappa shape index (κ1) is 15.1. The maximum atomic E-state index is 14.1. The van der Waals surface area contributed by atoms with Crippen molar-refractivity contribution in [3.05, 3.63) is 33.5 Å². The molecular weight excluding hydrogens is 305 g/mol. The van der Waals surface area contributed by atoms with Crippen molar-refractivity contribution in [2.45, 2.75) is 25.5 Å². The third-order valence-electron chi connectivity index (χ3n) is 2.51. The highest BCUT2D eigenvalue weighted by Gasteiger charge is 2.17. The van der Waals surface area contributed by atoms with E-state index in [1.807, 2.05) is 0 Å². The minimum Gasteiger partial charge on any atom is -0.481 e. The van der Waals surface area contributed by atoms with Gasteiger partial charge < -0.3 is 15.6 Å². The number of carboxylic acid groups (broad SMARTS) is 1. The van der Waals surface area contributed by atoms with Gasteiger partial charge in [0.15, 0.2) is 0 Å². The average molecular weight is 320 g/mol. The number of carbonyl (C=O) groups is 1. The first-order valence-electron chi connectivity index (χ1n) is 5.39. The van der Waals surface area contributed by atoms with Crippen molar-refractivity contribution in [3.8, 4) is 0 Å². The van der Waals surface area contributed by atoms with Gasteiger partial charge in [-0.05, 0) is 18.6 Å². The molecule has 0 aromatic heterocycles. The Morgan fingerprint density at radius 3 is 2.83 bits per heavy atom. The van der Waals surface area contributed by atoms with Gasteiger partial charge in [0.1, 0.15) is 5.82 Å². The third kappa shape index (κ3) is 4.04. The fourth-order valence-electron chi connectivity index (χ4n) is 1.63. The summed E-state index contributed by atoms with van der Waals surface area (Å²) in [6.45, 7) is 0.143. The maximum absolute atomic E-state index is 14.1. The molecule has 1 atom stereocenters. The van der Waals surface area contributed by atoms with Gasteiger partial charge >= 0.3 is 5.97 Å². The van der Waals surface area contributed by atoms with Crippen molar-refractivity contribution in [2.75, 3.05) is 7.11 Å². The second kappa shape index (κ2) is 6.82. The smallest absolute Gasteiger partial charge is 0.303 e. The lowest BCUT2D eigenvalue weighted by atomic mass is 10.00. The summed E-state index contributed by atoms with van der Waals surface area (Å²) in [5.41, 5.74) is 6.51. The Hall–Kier alpha value is -0.980. The summed E-state index contributed by atoms with van der Waals surface area (Å²) in [6, 6.07) is 2.54. The standard InChI is InChI=1S/C12H15BrFNO3/c1-18-6-7-4-8(13)5-9(12(7)14)10(15)2-3-11(16)17/h4-5,10H,2-3,6,15H2,1H3,(H,16,17). The molecule has 0 radical (unpaired) electrons. The highest BCUT2D eigenvalue weighted by atomic mass is 79.9. The first-order chi connectivity index (χ1) is 8.45. The first-order valence-corrected chi connectivity index (χ1v) is 6.19. The van der Waals surface area contributed by atoms with Crippen molar-refractivity contribution < 1.29 is 19.0 Å². The van der Waals surface area contributed by atoms with Crippen LogP contribution in [0.4, 0.5) is 4.39 Å². The molecule has 0 fully saturated rings. The van der Waals surface area contributed by atoms with Crippen LogP contribution in [0.3, 0.4) is 0 Å². The molecule has 3 N–H and O–H groups in total. The van der Waals surface area contributed by atoms with Gasteiger partial charge in [0.2, 0.25) is 0 Å². The van der Waals surface area contributed by atoms with Gasteiger partial charge in [-0.25, -0.2) is 4.39 Å². The largest absolute Gasteiger partial charge is 0.481 e. The molecule has 6 heteroatoms. The van der Waals surface area contributed by atoms with Crippen LogP contribution in [0.5, 0.6) is 0 Å². The lowest BCUT2D eigenvalue weighted by Gasteiger charge is -2.15. The monoisotopic (exact) mass is 319 g/mol. The molecule has 100 valence electrons. The quantitative estimate of drug-likeness (QED) is 0.845. The van der Waals surface area contributed by atoms with E-state index in [4.69, 9.17) is 15.6 Å². The third-order valence-corrected chi connectivity index (χ3v) is 2.97. The lowest BCUT2D eigenvalue weighted by molar-refractivity contribution is -0.137. The van der Waals surface area contributed by atoms with Crippen molar-refractivity contribution in [2.24, 2.45) is 5.73 Å². The van der Waals surface area contributed by atoms with E-state index in [0.717, 1.165) is 0 Å². The molecule has 0 saturated heterocycles. The Balaban J connectivity index is 2.96. The van der Waals surface area contributed by atoms with E-state index in [2.05, 4.69) is 15.9 Å². The highest BCUT2D eigenvalue weighted by Crippen LogP contribution is 2.26. The van der Waals surface area contributed by atoms with Crippen LogP contribution in [0.15, 0.2) is 16.6 Å². The number of rotatable bonds is 6. The number of hydrogen-bond acceptors (Lipinski definition) is 3. The highest BCUT2D eigenvalue weighted by molar-refractivity contribution is 9.10. The van der Waals surface area contributed by atoms with Crippen molar-refractivity contribution in [3.63, 3.8) is 0 Å². The van der Waals surface area contributed by atoms with E-state index in [1.54, 1.807) is 12.1 Å². The predicted octanol–water partition coefficient (Wildman–Crippen LogP) is 2.60. The molecule has 0 aliphatic heterocycles. The summed E-state index contributed by atoms with van der Waals surface area (Å²) < 4.78 is 19.7. The topological polar surface area (TPSA) is 72.5 Å². The van der Waals surface area contributed by atoms with E-state index < -0.39 is 17.8 Å². The molecule has 0 heterocycles. The summed E-state index contributed by atoms with van der Waals surface area (Å²) >= 11 is 3.27. The van der Waals surface area contributed by atoms with Crippen LogP contribution in [-0.2, 0) is 16.1 Å². The molecule has 0 saturated carbocycles. The number of nitrogens with two attached hydrogens (primary N) is 1. The molecule has 1 rings (SSSR count). The number of hydrogen-bond donors (Lipinski definition) is 2. The number of ether oxygens (including phenoxy) is 1. The van der Waals surface area contributed by atoms with E-state index in [1.165, 1.54) is 7.11 Å². The van der Waals surface area contributed by atoms with Crippen LogP contribution in [0, 0.1) is 5.82 Å². The Labute approximate surface area is 113 Å². The number of methoxy groups -OCH3 is 1. The Morgan fingerprint density at radius 1 is 1.61 bits per heavy atom. The molecular formula is C12H15BrFNO3. The van der Waals surface area contributed by atoms with E-state index in [0.29, 0.717) is 15.6 Å². The van der Waals surface area contributed by atoms with E-state index >= 15 is 0 Å². The molecule has 18 heavy (non-hydrogen) atoms. The summed E-state index contributed by atoms with van der Waals surface area (Å²) in [5.74, 6) is -1.38. The molecule has 0 aliphatic carbocycles. The van der Waals surface area contributed by atoms with Gasteiger partial charge in [0.25, 0.3) is 0 Å².